The van der Waals surface area contributed by atoms with Gasteiger partial charge in [-0.05, 0) is 19.8 Å². The van der Waals surface area contributed by atoms with Gasteiger partial charge in [0.1, 0.15) is 0 Å². The van der Waals surface area contributed by atoms with Crippen LogP contribution in [0.4, 0.5) is 0 Å². The quantitative estimate of drug-likeness (QED) is 0.294. The van der Waals surface area contributed by atoms with E-state index in [2.05, 4.69) is 34.6 Å². The van der Waals surface area contributed by atoms with Crippen molar-refractivity contribution in [2.24, 2.45) is 4.99 Å². The summed E-state index contributed by atoms with van der Waals surface area (Å²) in [7, 11) is 1.67. The molecule has 7 nitrogen and oxygen atoms in total. The molecule has 1 aromatic heterocycles. The van der Waals surface area contributed by atoms with Crippen LogP contribution in [-0.4, -0.2) is 36.8 Å². The first-order valence-corrected chi connectivity index (χ1v) is 7.51. The summed E-state index contributed by atoms with van der Waals surface area (Å²) in [5.41, 5.74) is 0.927. The van der Waals surface area contributed by atoms with Crippen LogP contribution in [0.3, 0.4) is 0 Å². The van der Waals surface area contributed by atoms with E-state index in [1.165, 1.54) is 0 Å². The molecule has 0 saturated heterocycles. The first-order chi connectivity index (χ1) is 10.4. The number of hydrogen-bond acceptors (Lipinski definition) is 5. The summed E-state index contributed by atoms with van der Waals surface area (Å²) in [6.07, 6.45) is 0.199. The number of rotatable bonds is 7. The van der Waals surface area contributed by atoms with Crippen LogP contribution in [0.5, 0.6) is 0 Å². The Kier molecular flexibility index (Phi) is 10.6. The molecule has 0 spiro atoms. The molecule has 0 bridgehead atoms. The molecule has 0 amide bonds. The first-order valence-electron chi connectivity index (χ1n) is 7.51. The van der Waals surface area contributed by atoms with Gasteiger partial charge in [-0.1, -0.05) is 19.0 Å². The van der Waals surface area contributed by atoms with Gasteiger partial charge in [0.15, 0.2) is 11.7 Å². The molecule has 23 heavy (non-hydrogen) atoms. The van der Waals surface area contributed by atoms with Crippen LogP contribution in [0, 0.1) is 0 Å². The van der Waals surface area contributed by atoms with Crippen LogP contribution in [0.25, 0.3) is 0 Å². The number of halogens is 1. The van der Waals surface area contributed by atoms with Crippen molar-refractivity contribution >= 4 is 35.9 Å². The molecule has 0 aromatic carbocycles. The van der Waals surface area contributed by atoms with Gasteiger partial charge in [-0.15, -0.1) is 24.0 Å². The van der Waals surface area contributed by atoms with Crippen LogP contribution >= 0.6 is 24.0 Å². The Labute approximate surface area is 154 Å². The van der Waals surface area contributed by atoms with Gasteiger partial charge in [0.2, 0.25) is 0 Å². The molecule has 1 rings (SSSR count). The van der Waals surface area contributed by atoms with Gasteiger partial charge >= 0.3 is 5.97 Å². The molecule has 2 N–H and O–H groups in total. The summed E-state index contributed by atoms with van der Waals surface area (Å²) in [4.78, 5) is 15.5. The van der Waals surface area contributed by atoms with E-state index >= 15 is 0 Å². The Bertz CT molecular complexity index is 501. The van der Waals surface area contributed by atoms with Crippen molar-refractivity contribution in [3.05, 3.63) is 17.5 Å². The second-order valence-electron chi connectivity index (χ2n) is 5.51. The topological polar surface area (TPSA) is 88.8 Å². The van der Waals surface area contributed by atoms with E-state index in [-0.39, 0.29) is 36.0 Å². The SMILES string of the molecule is CN=C(NCCC(=O)OC(C)C)NCc1cc(C(C)C)no1.I. The lowest BCUT2D eigenvalue weighted by molar-refractivity contribution is -0.147. The molecule has 0 radical (unpaired) electrons. The number of hydrogen-bond donors (Lipinski definition) is 2. The Morgan fingerprint density at radius 1 is 1.35 bits per heavy atom. The van der Waals surface area contributed by atoms with Gasteiger partial charge in [-0.2, -0.15) is 0 Å². The first kappa shape index (κ1) is 21.7. The summed E-state index contributed by atoms with van der Waals surface area (Å²) in [6, 6.07) is 1.92. The summed E-state index contributed by atoms with van der Waals surface area (Å²) in [6.45, 7) is 8.72. The van der Waals surface area contributed by atoms with Crippen molar-refractivity contribution in [2.45, 2.75) is 52.7 Å². The number of carbonyl (C=O) groups excluding carboxylic acids is 1. The largest absolute Gasteiger partial charge is 0.463 e. The predicted molar refractivity (Wildman–Crippen MR) is 100 cm³/mol. The second kappa shape index (κ2) is 11.3. The number of nitrogens with one attached hydrogen (secondary N) is 2. The van der Waals surface area contributed by atoms with Crippen molar-refractivity contribution in [1.82, 2.24) is 15.8 Å². The van der Waals surface area contributed by atoms with Crippen molar-refractivity contribution in [3.8, 4) is 0 Å². The zero-order valence-corrected chi connectivity index (χ0v) is 16.7. The van der Waals surface area contributed by atoms with E-state index in [1.54, 1.807) is 7.05 Å². The minimum absolute atomic E-state index is 0. The van der Waals surface area contributed by atoms with Gasteiger partial charge in [-0.25, -0.2) is 0 Å². The molecular formula is C15H27IN4O3. The number of nitrogens with zero attached hydrogens (tertiary/aromatic N) is 2. The molecule has 132 valence electrons. The molecule has 0 aliphatic rings. The lowest BCUT2D eigenvalue weighted by Gasteiger charge is -2.11. The van der Waals surface area contributed by atoms with E-state index in [1.807, 2.05) is 19.9 Å². The van der Waals surface area contributed by atoms with Crippen LogP contribution in [0.2, 0.25) is 0 Å². The van der Waals surface area contributed by atoms with Crippen molar-refractivity contribution < 1.29 is 14.1 Å². The van der Waals surface area contributed by atoms with E-state index in [4.69, 9.17) is 9.26 Å². The van der Waals surface area contributed by atoms with Gasteiger partial charge in [0, 0.05) is 19.7 Å². The molecule has 0 saturated carbocycles. The fraction of sp³-hybridized carbons (Fsp3) is 0.667. The number of aliphatic imine (C=N–C) groups is 1. The van der Waals surface area contributed by atoms with E-state index in [9.17, 15) is 4.79 Å². The van der Waals surface area contributed by atoms with Gasteiger partial charge in [-0.3, -0.25) is 9.79 Å². The Balaban J connectivity index is 0.00000484. The molecule has 8 heteroatoms. The van der Waals surface area contributed by atoms with Gasteiger partial charge in [0.05, 0.1) is 24.8 Å². The molecule has 1 heterocycles. The van der Waals surface area contributed by atoms with Crippen molar-refractivity contribution in [3.63, 3.8) is 0 Å². The fourth-order valence-corrected chi connectivity index (χ4v) is 1.68. The summed E-state index contributed by atoms with van der Waals surface area (Å²) >= 11 is 0. The molecule has 0 atom stereocenters. The molecule has 1 aromatic rings. The third-order valence-corrected chi connectivity index (χ3v) is 2.81. The van der Waals surface area contributed by atoms with Crippen LogP contribution in [0.15, 0.2) is 15.6 Å². The lowest BCUT2D eigenvalue weighted by Crippen LogP contribution is -2.38. The number of aromatic nitrogens is 1. The minimum Gasteiger partial charge on any atom is -0.463 e. The van der Waals surface area contributed by atoms with E-state index in [0.717, 1.165) is 11.5 Å². The number of carbonyl (C=O) groups is 1. The maximum atomic E-state index is 11.4. The van der Waals surface area contributed by atoms with Crippen molar-refractivity contribution in [2.75, 3.05) is 13.6 Å². The maximum absolute atomic E-state index is 11.4. The predicted octanol–water partition coefficient (Wildman–Crippen LogP) is 2.42. The standard InChI is InChI=1S/C15H26N4O3.HI/c1-10(2)13-8-12(22-19-13)9-18-15(16-5)17-7-6-14(20)21-11(3)4;/h8,10-11H,6-7,9H2,1-5H3,(H2,16,17,18);1H. The highest BCUT2D eigenvalue weighted by atomic mass is 127. The van der Waals surface area contributed by atoms with E-state index < -0.39 is 0 Å². The van der Waals surface area contributed by atoms with Crippen LogP contribution in [-0.2, 0) is 16.1 Å². The molecule has 0 fully saturated rings. The Hall–Kier alpha value is -1.32. The third-order valence-electron chi connectivity index (χ3n) is 2.81. The summed E-state index contributed by atoms with van der Waals surface area (Å²) in [5.74, 6) is 1.45. The minimum atomic E-state index is -0.227. The normalized spacial score (nSPS) is 11.3. The molecule has 0 aliphatic carbocycles. The van der Waals surface area contributed by atoms with Gasteiger partial charge in [0.25, 0.3) is 0 Å². The van der Waals surface area contributed by atoms with Crippen LogP contribution < -0.4 is 10.6 Å². The average Bonchev–Trinajstić information content (AvgIpc) is 2.90. The fourth-order valence-electron chi connectivity index (χ4n) is 1.68. The smallest absolute Gasteiger partial charge is 0.307 e. The Morgan fingerprint density at radius 2 is 2.04 bits per heavy atom. The third kappa shape index (κ3) is 8.77. The second-order valence-corrected chi connectivity index (χ2v) is 5.51. The highest BCUT2D eigenvalue weighted by molar-refractivity contribution is 14.0. The zero-order chi connectivity index (χ0) is 16.5. The van der Waals surface area contributed by atoms with Gasteiger partial charge < -0.3 is 19.9 Å². The lowest BCUT2D eigenvalue weighted by atomic mass is 10.1. The monoisotopic (exact) mass is 438 g/mol. The number of ether oxygens (including phenoxy) is 1. The van der Waals surface area contributed by atoms with Crippen molar-refractivity contribution in [1.29, 1.82) is 0 Å². The Morgan fingerprint density at radius 3 is 2.57 bits per heavy atom. The van der Waals surface area contributed by atoms with E-state index in [0.29, 0.717) is 31.4 Å². The molecule has 0 aliphatic heterocycles. The summed E-state index contributed by atoms with van der Waals surface area (Å²) in [5, 5.41) is 10.2. The maximum Gasteiger partial charge on any atom is 0.307 e. The number of esters is 1. The molecule has 0 unspecified atom stereocenters. The molecular weight excluding hydrogens is 411 g/mol. The summed E-state index contributed by atoms with van der Waals surface area (Å²) < 4.78 is 10.3. The highest BCUT2D eigenvalue weighted by Crippen LogP contribution is 2.13. The van der Waals surface area contributed by atoms with Crippen LogP contribution in [0.1, 0.15) is 51.5 Å². The zero-order valence-electron chi connectivity index (χ0n) is 14.4. The average molecular weight is 438 g/mol. The number of guanidine groups is 1. The highest BCUT2D eigenvalue weighted by Gasteiger charge is 2.09.